The SMILES string of the molecule is CC(C(=O)O)(C(=O)O)c1ccc2nc(-c3cccs3)ccc2c1. The van der Waals surface area contributed by atoms with Gasteiger partial charge in [0, 0.05) is 5.39 Å². The molecule has 6 heteroatoms. The molecule has 23 heavy (non-hydrogen) atoms. The first-order chi connectivity index (χ1) is 10.9. The van der Waals surface area contributed by atoms with Crippen LogP contribution in [0.3, 0.4) is 0 Å². The summed E-state index contributed by atoms with van der Waals surface area (Å²) >= 11 is 1.58. The van der Waals surface area contributed by atoms with Crippen molar-refractivity contribution in [2.24, 2.45) is 0 Å². The number of pyridine rings is 1. The normalized spacial score (nSPS) is 11.5. The number of nitrogens with zero attached hydrogens (tertiary/aromatic N) is 1. The average molecular weight is 327 g/mol. The lowest BCUT2D eigenvalue weighted by Crippen LogP contribution is -2.40. The van der Waals surface area contributed by atoms with Gasteiger partial charge in [-0.1, -0.05) is 18.2 Å². The molecule has 0 radical (unpaired) electrons. The number of carbonyl (C=O) groups is 2. The summed E-state index contributed by atoms with van der Waals surface area (Å²) in [5.41, 5.74) is -0.242. The van der Waals surface area contributed by atoms with Gasteiger partial charge in [-0.25, -0.2) is 4.98 Å². The van der Waals surface area contributed by atoms with E-state index in [-0.39, 0.29) is 5.56 Å². The monoisotopic (exact) mass is 327 g/mol. The third kappa shape index (κ3) is 2.47. The molecular weight excluding hydrogens is 314 g/mol. The highest BCUT2D eigenvalue weighted by Gasteiger charge is 2.43. The molecule has 3 rings (SSSR count). The maximum atomic E-state index is 11.4. The van der Waals surface area contributed by atoms with Crippen LogP contribution in [0.1, 0.15) is 12.5 Å². The maximum absolute atomic E-state index is 11.4. The molecule has 2 heterocycles. The zero-order chi connectivity index (χ0) is 16.6. The first-order valence-electron chi connectivity index (χ1n) is 6.85. The van der Waals surface area contributed by atoms with E-state index in [1.807, 2.05) is 29.6 Å². The van der Waals surface area contributed by atoms with Crippen molar-refractivity contribution in [3.05, 3.63) is 53.4 Å². The summed E-state index contributed by atoms with van der Waals surface area (Å²) < 4.78 is 0. The molecule has 116 valence electrons. The maximum Gasteiger partial charge on any atom is 0.325 e. The second-order valence-corrected chi connectivity index (χ2v) is 6.26. The highest BCUT2D eigenvalue weighted by molar-refractivity contribution is 7.13. The lowest BCUT2D eigenvalue weighted by Gasteiger charge is -2.20. The molecule has 2 N–H and O–H groups in total. The molecule has 0 spiro atoms. The molecule has 5 nitrogen and oxygen atoms in total. The first kappa shape index (κ1) is 15.2. The smallest absolute Gasteiger partial charge is 0.325 e. The largest absolute Gasteiger partial charge is 0.480 e. The molecule has 0 atom stereocenters. The van der Waals surface area contributed by atoms with Crippen LogP contribution >= 0.6 is 11.3 Å². The van der Waals surface area contributed by atoms with Crippen molar-refractivity contribution in [3.8, 4) is 10.6 Å². The second-order valence-electron chi connectivity index (χ2n) is 5.32. The van der Waals surface area contributed by atoms with Gasteiger partial charge < -0.3 is 10.2 Å². The number of hydrogen-bond acceptors (Lipinski definition) is 4. The molecule has 2 aromatic heterocycles. The lowest BCUT2D eigenvalue weighted by molar-refractivity contribution is -0.156. The van der Waals surface area contributed by atoms with Crippen LogP contribution in [-0.4, -0.2) is 27.1 Å². The molecule has 0 aliphatic heterocycles. The Bertz CT molecular complexity index is 888. The fraction of sp³-hybridized carbons (Fsp3) is 0.118. The molecule has 0 amide bonds. The number of carboxylic acids is 2. The van der Waals surface area contributed by atoms with Gasteiger partial charge in [0.1, 0.15) is 0 Å². The molecule has 0 saturated carbocycles. The summed E-state index contributed by atoms with van der Waals surface area (Å²) in [4.78, 5) is 28.4. The van der Waals surface area contributed by atoms with E-state index in [0.29, 0.717) is 10.9 Å². The van der Waals surface area contributed by atoms with E-state index in [0.717, 1.165) is 10.6 Å². The molecule has 0 bridgehead atoms. The van der Waals surface area contributed by atoms with Gasteiger partial charge >= 0.3 is 11.9 Å². The van der Waals surface area contributed by atoms with Crippen molar-refractivity contribution in [1.29, 1.82) is 0 Å². The van der Waals surface area contributed by atoms with Crippen molar-refractivity contribution in [1.82, 2.24) is 4.98 Å². The fourth-order valence-electron chi connectivity index (χ4n) is 2.34. The predicted octanol–water partition coefficient (Wildman–Crippen LogP) is 3.39. The summed E-state index contributed by atoms with van der Waals surface area (Å²) in [6.07, 6.45) is 0. The Labute approximate surface area is 135 Å². The van der Waals surface area contributed by atoms with Crippen molar-refractivity contribution >= 4 is 34.2 Å². The molecule has 0 unspecified atom stereocenters. The van der Waals surface area contributed by atoms with E-state index in [4.69, 9.17) is 0 Å². The van der Waals surface area contributed by atoms with Crippen LogP contribution < -0.4 is 0 Å². The van der Waals surface area contributed by atoms with Gasteiger partial charge in [0.15, 0.2) is 5.41 Å². The number of fused-ring (bicyclic) bond motifs is 1. The predicted molar refractivity (Wildman–Crippen MR) is 87.7 cm³/mol. The second kappa shape index (κ2) is 5.48. The number of thiophene rings is 1. The Morgan fingerprint density at radius 2 is 1.83 bits per heavy atom. The van der Waals surface area contributed by atoms with Crippen LogP contribution in [0.25, 0.3) is 21.5 Å². The molecule has 0 aliphatic carbocycles. The molecule has 0 aliphatic rings. The van der Waals surface area contributed by atoms with E-state index >= 15 is 0 Å². The van der Waals surface area contributed by atoms with Crippen molar-refractivity contribution in [2.45, 2.75) is 12.3 Å². The van der Waals surface area contributed by atoms with Gasteiger partial charge in [-0.05, 0) is 42.1 Å². The van der Waals surface area contributed by atoms with Crippen molar-refractivity contribution in [2.75, 3.05) is 0 Å². The summed E-state index contributed by atoms with van der Waals surface area (Å²) in [5, 5.41) is 21.3. The van der Waals surface area contributed by atoms with Crippen molar-refractivity contribution in [3.63, 3.8) is 0 Å². The summed E-state index contributed by atoms with van der Waals surface area (Å²) in [5.74, 6) is -2.79. The Morgan fingerprint density at radius 3 is 2.43 bits per heavy atom. The summed E-state index contributed by atoms with van der Waals surface area (Å²) in [7, 11) is 0. The van der Waals surface area contributed by atoms with Gasteiger partial charge in [-0.3, -0.25) is 9.59 Å². The molecule has 0 fully saturated rings. The standard InChI is InChI=1S/C17H13NO4S/c1-17(15(19)20,16(21)22)11-5-7-12-10(9-11)4-6-13(18-12)14-3-2-8-23-14/h2-9H,1H3,(H,19,20)(H,21,22). The van der Waals surface area contributed by atoms with E-state index in [1.54, 1.807) is 23.5 Å². The van der Waals surface area contributed by atoms with E-state index in [1.165, 1.54) is 13.0 Å². The van der Waals surface area contributed by atoms with Crippen LogP contribution in [-0.2, 0) is 15.0 Å². The number of aliphatic carboxylic acids is 2. The zero-order valence-electron chi connectivity index (χ0n) is 12.2. The minimum absolute atomic E-state index is 0.218. The quantitative estimate of drug-likeness (QED) is 0.717. The van der Waals surface area contributed by atoms with Crippen LogP contribution in [0.15, 0.2) is 47.8 Å². The highest BCUT2D eigenvalue weighted by Crippen LogP contribution is 2.29. The number of hydrogen-bond donors (Lipinski definition) is 2. The Morgan fingerprint density at radius 1 is 1.09 bits per heavy atom. The third-order valence-electron chi connectivity index (χ3n) is 3.90. The first-order valence-corrected chi connectivity index (χ1v) is 7.73. The van der Waals surface area contributed by atoms with Gasteiger partial charge in [0.2, 0.25) is 0 Å². The molecule has 3 aromatic rings. The van der Waals surface area contributed by atoms with Crippen LogP contribution in [0, 0.1) is 0 Å². The van der Waals surface area contributed by atoms with Gasteiger partial charge in [0.25, 0.3) is 0 Å². The fourth-order valence-corrected chi connectivity index (χ4v) is 3.03. The van der Waals surface area contributed by atoms with Crippen LogP contribution in [0.4, 0.5) is 0 Å². The van der Waals surface area contributed by atoms with E-state index in [2.05, 4.69) is 4.98 Å². The minimum Gasteiger partial charge on any atom is -0.480 e. The van der Waals surface area contributed by atoms with Crippen LogP contribution in [0.2, 0.25) is 0 Å². The number of rotatable bonds is 4. The molecule has 0 saturated heterocycles. The Hall–Kier alpha value is -2.73. The average Bonchev–Trinajstić information content (AvgIpc) is 3.07. The molecule has 1 aromatic carbocycles. The van der Waals surface area contributed by atoms with Gasteiger partial charge in [0.05, 0.1) is 16.1 Å². The van der Waals surface area contributed by atoms with Gasteiger partial charge in [-0.2, -0.15) is 0 Å². The Kier molecular flexibility index (Phi) is 3.61. The van der Waals surface area contributed by atoms with Crippen LogP contribution in [0.5, 0.6) is 0 Å². The van der Waals surface area contributed by atoms with E-state index in [9.17, 15) is 19.8 Å². The van der Waals surface area contributed by atoms with E-state index < -0.39 is 17.4 Å². The van der Waals surface area contributed by atoms with Gasteiger partial charge in [-0.15, -0.1) is 11.3 Å². The minimum atomic E-state index is -1.99. The number of aromatic nitrogens is 1. The Balaban J connectivity index is 2.12. The third-order valence-corrected chi connectivity index (χ3v) is 4.79. The van der Waals surface area contributed by atoms with Crippen molar-refractivity contribution < 1.29 is 19.8 Å². The highest BCUT2D eigenvalue weighted by atomic mass is 32.1. The lowest BCUT2D eigenvalue weighted by atomic mass is 9.82. The molecular formula is C17H13NO4S. The number of carboxylic acid groups (broad SMARTS) is 2. The number of benzene rings is 1. The topological polar surface area (TPSA) is 87.5 Å². The zero-order valence-corrected chi connectivity index (χ0v) is 13.0. The summed E-state index contributed by atoms with van der Waals surface area (Å²) in [6.45, 7) is 1.19. The summed E-state index contributed by atoms with van der Waals surface area (Å²) in [6, 6.07) is 12.3.